The van der Waals surface area contributed by atoms with Crippen LogP contribution in [0.4, 0.5) is 0 Å². The molecule has 3 heterocycles. The number of nitrogens with zero attached hydrogens (tertiary/aromatic N) is 2. The molecule has 0 aliphatic carbocycles. The number of carbonyl (C=O) groups excluding carboxylic acids is 2. The van der Waals surface area contributed by atoms with E-state index in [0.717, 1.165) is 37.8 Å². The fourth-order valence-electron chi connectivity index (χ4n) is 3.73. The monoisotopic (exact) mass is 388 g/mol. The molecule has 0 N–H and O–H groups in total. The van der Waals surface area contributed by atoms with E-state index in [1.54, 1.807) is 0 Å². The van der Waals surface area contributed by atoms with Crippen LogP contribution in [-0.4, -0.2) is 40.5 Å². The fraction of sp³-hybridized carbons (Fsp3) is 0.524. The molecule has 0 radical (unpaired) electrons. The molecule has 0 saturated carbocycles. The van der Waals surface area contributed by atoms with Crippen molar-refractivity contribution in [1.82, 2.24) is 9.47 Å². The summed E-state index contributed by atoms with van der Waals surface area (Å²) in [4.78, 5) is 29.1. The van der Waals surface area contributed by atoms with E-state index in [9.17, 15) is 9.59 Å². The van der Waals surface area contributed by atoms with Gasteiger partial charge in [0, 0.05) is 37.1 Å². The Balaban J connectivity index is 1.57. The second-order valence-corrected chi connectivity index (χ2v) is 8.28. The van der Waals surface area contributed by atoms with Gasteiger partial charge in [-0.25, -0.2) is 4.79 Å². The topological polar surface area (TPSA) is 51.5 Å². The van der Waals surface area contributed by atoms with Gasteiger partial charge in [0.2, 0.25) is 0 Å². The molecule has 2 aromatic heterocycles. The number of aryl methyl sites for hydroxylation is 3. The summed E-state index contributed by atoms with van der Waals surface area (Å²) in [7, 11) is 1.89. The van der Waals surface area contributed by atoms with Gasteiger partial charge in [-0.3, -0.25) is 4.79 Å². The van der Waals surface area contributed by atoms with Crippen LogP contribution in [0.15, 0.2) is 24.4 Å². The van der Waals surface area contributed by atoms with Crippen LogP contribution >= 0.6 is 11.3 Å². The largest absolute Gasteiger partial charge is 0.461 e. The Bertz CT molecular complexity index is 808. The number of likely N-dealkylation sites (tertiary alicyclic amines) is 1. The average molecular weight is 389 g/mol. The zero-order valence-corrected chi connectivity index (χ0v) is 17.2. The Kier molecular flexibility index (Phi) is 6.37. The predicted octanol–water partition coefficient (Wildman–Crippen LogP) is 4.20. The molecule has 2 aromatic rings. The van der Waals surface area contributed by atoms with Gasteiger partial charge < -0.3 is 14.2 Å². The molecule has 1 unspecified atom stereocenters. The first-order valence-corrected chi connectivity index (χ1v) is 10.5. The predicted molar refractivity (Wildman–Crippen MR) is 107 cm³/mol. The zero-order valence-electron chi connectivity index (χ0n) is 16.4. The molecule has 0 spiro atoms. The molecule has 3 rings (SSSR count). The number of hydrogen-bond acceptors (Lipinski definition) is 4. The van der Waals surface area contributed by atoms with Crippen LogP contribution in [0.5, 0.6) is 0 Å². The lowest BCUT2D eigenvalue weighted by molar-refractivity contribution is 0.0410. The molecule has 1 atom stereocenters. The van der Waals surface area contributed by atoms with Gasteiger partial charge in [-0.1, -0.05) is 6.92 Å². The summed E-state index contributed by atoms with van der Waals surface area (Å²) < 4.78 is 7.37. The molecule has 5 nitrogen and oxygen atoms in total. The first kappa shape index (κ1) is 19.7. The van der Waals surface area contributed by atoms with Gasteiger partial charge in [0.05, 0.1) is 6.61 Å². The molecule has 0 bridgehead atoms. The van der Waals surface area contributed by atoms with Crippen molar-refractivity contribution in [3.63, 3.8) is 0 Å². The summed E-state index contributed by atoms with van der Waals surface area (Å²) in [6.45, 7) is 5.24. The van der Waals surface area contributed by atoms with Crippen molar-refractivity contribution in [3.05, 3.63) is 45.4 Å². The molecule has 1 saturated heterocycles. The van der Waals surface area contributed by atoms with Crippen LogP contribution in [-0.2, 0) is 18.2 Å². The van der Waals surface area contributed by atoms with Crippen molar-refractivity contribution in [1.29, 1.82) is 0 Å². The number of thiophene rings is 1. The molecule has 1 aliphatic heterocycles. The number of esters is 1. The number of hydrogen-bond donors (Lipinski definition) is 0. The van der Waals surface area contributed by atoms with E-state index in [1.165, 1.54) is 16.2 Å². The van der Waals surface area contributed by atoms with E-state index in [0.29, 0.717) is 23.6 Å². The lowest BCUT2D eigenvalue weighted by atomic mass is 9.99. The number of ether oxygens (including phenoxy) is 1. The van der Waals surface area contributed by atoms with Crippen LogP contribution < -0.4 is 0 Å². The van der Waals surface area contributed by atoms with Crippen LogP contribution in [0.1, 0.15) is 63.2 Å². The first-order valence-electron chi connectivity index (χ1n) is 9.70. The second kappa shape index (κ2) is 8.74. The molecule has 0 aromatic carbocycles. The minimum Gasteiger partial charge on any atom is -0.461 e. The average Bonchev–Trinajstić information content (AvgIpc) is 3.26. The summed E-state index contributed by atoms with van der Waals surface area (Å²) >= 11 is 1.52. The minimum atomic E-state index is -0.251. The normalized spacial score (nSPS) is 17.1. The summed E-state index contributed by atoms with van der Waals surface area (Å²) in [6.07, 6.45) is 6.61. The molecule has 1 fully saturated rings. The standard InChI is InChI=1S/C21H28N2O3S/c1-4-18-15(2)14-19(27-18)21(25)26-13-10-16-8-5-6-12-23(16)20(24)17-9-7-11-22(17)3/h7,9,11,14,16H,4-6,8,10,12-13H2,1-3H3. The number of rotatable bonds is 6. The van der Waals surface area contributed by atoms with Crippen molar-refractivity contribution in [2.24, 2.45) is 7.05 Å². The number of amides is 1. The Labute approximate surface area is 164 Å². The molecule has 1 aliphatic rings. The maximum Gasteiger partial charge on any atom is 0.348 e. The number of carbonyl (C=O) groups is 2. The SMILES string of the molecule is CCc1sc(C(=O)OCCC2CCCCN2C(=O)c2cccn2C)cc1C. The molecule has 146 valence electrons. The summed E-state index contributed by atoms with van der Waals surface area (Å²) in [6, 6.07) is 5.79. The highest BCUT2D eigenvalue weighted by Gasteiger charge is 2.28. The lowest BCUT2D eigenvalue weighted by Crippen LogP contribution is -2.44. The third-order valence-corrected chi connectivity index (χ3v) is 6.64. The van der Waals surface area contributed by atoms with E-state index >= 15 is 0 Å². The third kappa shape index (κ3) is 4.43. The highest BCUT2D eigenvalue weighted by atomic mass is 32.1. The lowest BCUT2D eigenvalue weighted by Gasteiger charge is -2.35. The third-order valence-electron chi connectivity index (χ3n) is 5.28. The Morgan fingerprint density at radius 1 is 1.33 bits per heavy atom. The van der Waals surface area contributed by atoms with E-state index in [-0.39, 0.29) is 17.9 Å². The van der Waals surface area contributed by atoms with Gasteiger partial charge in [0.15, 0.2) is 0 Å². The Hall–Kier alpha value is -2.08. The summed E-state index contributed by atoms with van der Waals surface area (Å²) in [5, 5.41) is 0. The zero-order chi connectivity index (χ0) is 19.4. The van der Waals surface area contributed by atoms with Crippen LogP contribution in [0, 0.1) is 6.92 Å². The Morgan fingerprint density at radius 2 is 2.15 bits per heavy atom. The fourth-order valence-corrected chi connectivity index (χ4v) is 4.74. The van der Waals surface area contributed by atoms with Crippen LogP contribution in [0.25, 0.3) is 0 Å². The van der Waals surface area contributed by atoms with Gasteiger partial charge in [0.25, 0.3) is 5.91 Å². The van der Waals surface area contributed by atoms with Gasteiger partial charge in [-0.05, 0) is 56.4 Å². The van der Waals surface area contributed by atoms with E-state index in [2.05, 4.69) is 6.92 Å². The minimum absolute atomic E-state index is 0.0694. The summed E-state index contributed by atoms with van der Waals surface area (Å²) in [5.74, 6) is -0.182. The number of piperidine rings is 1. The number of aromatic nitrogens is 1. The van der Waals surface area contributed by atoms with Crippen molar-refractivity contribution in [2.45, 2.75) is 52.0 Å². The van der Waals surface area contributed by atoms with Crippen molar-refractivity contribution in [3.8, 4) is 0 Å². The molecule has 1 amide bonds. The quantitative estimate of drug-likeness (QED) is 0.697. The summed E-state index contributed by atoms with van der Waals surface area (Å²) in [5.41, 5.74) is 1.86. The van der Waals surface area contributed by atoms with Gasteiger partial charge in [-0.2, -0.15) is 0 Å². The van der Waals surface area contributed by atoms with E-state index in [1.807, 2.05) is 47.8 Å². The maximum absolute atomic E-state index is 12.9. The van der Waals surface area contributed by atoms with Crippen molar-refractivity contribution < 1.29 is 14.3 Å². The highest BCUT2D eigenvalue weighted by Crippen LogP contribution is 2.24. The van der Waals surface area contributed by atoms with Crippen molar-refractivity contribution in [2.75, 3.05) is 13.2 Å². The molecular formula is C21H28N2O3S. The van der Waals surface area contributed by atoms with Crippen LogP contribution in [0.2, 0.25) is 0 Å². The Morgan fingerprint density at radius 3 is 2.81 bits per heavy atom. The molecule has 6 heteroatoms. The maximum atomic E-state index is 12.9. The van der Waals surface area contributed by atoms with Gasteiger partial charge in [-0.15, -0.1) is 11.3 Å². The van der Waals surface area contributed by atoms with Crippen molar-refractivity contribution >= 4 is 23.2 Å². The van der Waals surface area contributed by atoms with Gasteiger partial charge in [0.1, 0.15) is 10.6 Å². The highest BCUT2D eigenvalue weighted by molar-refractivity contribution is 7.14. The molecular weight excluding hydrogens is 360 g/mol. The van der Waals surface area contributed by atoms with E-state index in [4.69, 9.17) is 4.74 Å². The first-order chi connectivity index (χ1) is 13.0. The molecule has 27 heavy (non-hydrogen) atoms. The second-order valence-electron chi connectivity index (χ2n) is 7.15. The van der Waals surface area contributed by atoms with E-state index < -0.39 is 0 Å². The smallest absolute Gasteiger partial charge is 0.348 e. The van der Waals surface area contributed by atoms with Crippen LogP contribution in [0.3, 0.4) is 0 Å². The van der Waals surface area contributed by atoms with Gasteiger partial charge >= 0.3 is 5.97 Å².